The average molecular weight is 394 g/mol. The van der Waals surface area contributed by atoms with Gasteiger partial charge in [-0.05, 0) is 35.4 Å². The van der Waals surface area contributed by atoms with Gasteiger partial charge < -0.3 is 10.1 Å². The van der Waals surface area contributed by atoms with E-state index in [9.17, 15) is 14.0 Å². The number of methoxy groups -OCH3 is 1. The zero-order valence-electron chi connectivity index (χ0n) is 13.1. The zero-order chi connectivity index (χ0) is 17.5. The second-order valence-electron chi connectivity index (χ2n) is 5.28. The Morgan fingerprint density at radius 3 is 2.54 bits per heavy atom. The molecule has 0 aliphatic carbocycles. The summed E-state index contributed by atoms with van der Waals surface area (Å²) in [5.41, 5.74) is 1.42. The van der Waals surface area contributed by atoms with Crippen molar-refractivity contribution in [2.45, 2.75) is 18.9 Å². The fourth-order valence-electron chi connectivity index (χ4n) is 2.31. The van der Waals surface area contributed by atoms with Crippen molar-refractivity contribution in [3.8, 4) is 0 Å². The molecule has 0 saturated heterocycles. The molecule has 2 aromatic carbocycles. The third-order valence-electron chi connectivity index (χ3n) is 3.40. The van der Waals surface area contributed by atoms with Crippen LogP contribution in [0.1, 0.15) is 11.1 Å². The van der Waals surface area contributed by atoms with E-state index in [1.54, 1.807) is 6.07 Å². The van der Waals surface area contributed by atoms with E-state index >= 15 is 0 Å². The maximum absolute atomic E-state index is 13.2. The predicted octanol–water partition coefficient (Wildman–Crippen LogP) is 3.03. The minimum Gasteiger partial charge on any atom is -0.467 e. The van der Waals surface area contributed by atoms with Crippen LogP contribution in [-0.4, -0.2) is 25.0 Å². The average Bonchev–Trinajstić information content (AvgIpc) is 2.53. The molecule has 0 aliphatic heterocycles. The summed E-state index contributed by atoms with van der Waals surface area (Å²) < 4.78 is 18.8. The molecule has 0 aliphatic rings. The van der Waals surface area contributed by atoms with Gasteiger partial charge in [0, 0.05) is 10.9 Å². The molecule has 0 spiro atoms. The molecule has 1 N–H and O–H groups in total. The number of halogens is 2. The first-order valence-corrected chi connectivity index (χ1v) is 8.13. The molecule has 24 heavy (non-hydrogen) atoms. The lowest BCUT2D eigenvalue weighted by atomic mass is 10.1. The summed E-state index contributed by atoms with van der Waals surface area (Å²) in [6.07, 6.45) is 0.296. The lowest BCUT2D eigenvalue weighted by Gasteiger charge is -2.17. The smallest absolute Gasteiger partial charge is 0.328 e. The molecule has 4 nitrogen and oxygen atoms in total. The van der Waals surface area contributed by atoms with E-state index in [-0.39, 0.29) is 12.3 Å². The molecule has 2 aromatic rings. The van der Waals surface area contributed by atoms with Crippen molar-refractivity contribution >= 4 is 27.8 Å². The van der Waals surface area contributed by atoms with Crippen molar-refractivity contribution < 1.29 is 18.7 Å². The van der Waals surface area contributed by atoms with Crippen LogP contribution < -0.4 is 5.32 Å². The maximum atomic E-state index is 13.2. The quantitative estimate of drug-likeness (QED) is 0.767. The number of benzene rings is 2. The first kappa shape index (κ1) is 18.1. The Labute approximate surface area is 148 Å². The summed E-state index contributed by atoms with van der Waals surface area (Å²) in [4.78, 5) is 24.1. The van der Waals surface area contributed by atoms with Gasteiger partial charge in [-0.25, -0.2) is 9.18 Å². The van der Waals surface area contributed by atoms with Gasteiger partial charge in [0.15, 0.2) is 0 Å². The highest BCUT2D eigenvalue weighted by Gasteiger charge is 2.22. The Hall–Kier alpha value is -2.21. The summed E-state index contributed by atoms with van der Waals surface area (Å²) in [5, 5.41) is 2.65. The van der Waals surface area contributed by atoms with Gasteiger partial charge in [-0.1, -0.05) is 40.2 Å². The number of hydrogen-bond donors (Lipinski definition) is 1. The van der Waals surface area contributed by atoms with Gasteiger partial charge >= 0.3 is 5.97 Å². The van der Waals surface area contributed by atoms with Gasteiger partial charge in [0.05, 0.1) is 13.5 Å². The van der Waals surface area contributed by atoms with E-state index in [1.165, 1.54) is 25.3 Å². The van der Waals surface area contributed by atoms with Crippen LogP contribution >= 0.6 is 15.9 Å². The number of hydrogen-bond acceptors (Lipinski definition) is 3. The molecule has 2 rings (SSSR count). The lowest BCUT2D eigenvalue weighted by Crippen LogP contribution is -2.43. The van der Waals surface area contributed by atoms with Crippen LogP contribution in [0.2, 0.25) is 0 Å². The second kappa shape index (κ2) is 8.59. The van der Waals surface area contributed by atoms with Gasteiger partial charge in [-0.2, -0.15) is 0 Å². The molecule has 0 heterocycles. The third kappa shape index (κ3) is 5.45. The van der Waals surface area contributed by atoms with Crippen molar-refractivity contribution in [1.82, 2.24) is 5.32 Å². The fraction of sp³-hybridized carbons (Fsp3) is 0.222. The van der Waals surface area contributed by atoms with Crippen molar-refractivity contribution in [2.75, 3.05) is 7.11 Å². The summed E-state index contributed by atoms with van der Waals surface area (Å²) in [5.74, 6) is -1.30. The van der Waals surface area contributed by atoms with Crippen LogP contribution in [0, 0.1) is 5.82 Å². The van der Waals surface area contributed by atoms with Crippen LogP contribution in [0.25, 0.3) is 0 Å². The molecule has 0 radical (unpaired) electrons. The van der Waals surface area contributed by atoms with E-state index in [0.717, 1.165) is 10.0 Å². The van der Waals surface area contributed by atoms with Gasteiger partial charge in [0.2, 0.25) is 5.91 Å². The van der Waals surface area contributed by atoms with Crippen molar-refractivity contribution in [3.05, 3.63) is 69.9 Å². The Morgan fingerprint density at radius 1 is 1.17 bits per heavy atom. The van der Waals surface area contributed by atoms with Gasteiger partial charge in [-0.15, -0.1) is 0 Å². The Kier molecular flexibility index (Phi) is 6.49. The number of carbonyl (C=O) groups is 2. The Bertz CT molecular complexity index is 736. The van der Waals surface area contributed by atoms with Gasteiger partial charge in [0.25, 0.3) is 0 Å². The van der Waals surface area contributed by atoms with Gasteiger partial charge in [-0.3, -0.25) is 4.79 Å². The molecule has 126 valence electrons. The summed E-state index contributed by atoms with van der Waals surface area (Å²) >= 11 is 3.37. The number of nitrogens with one attached hydrogen (secondary N) is 1. The van der Waals surface area contributed by atoms with E-state index in [0.29, 0.717) is 12.0 Å². The molecule has 0 fully saturated rings. The first-order chi connectivity index (χ1) is 11.5. The van der Waals surface area contributed by atoms with E-state index in [4.69, 9.17) is 4.74 Å². The minimum atomic E-state index is -0.801. The van der Waals surface area contributed by atoms with Crippen molar-refractivity contribution in [2.24, 2.45) is 0 Å². The Balaban J connectivity index is 2.05. The number of amides is 1. The molecular formula is C18H17BrFNO3. The summed E-state index contributed by atoms with van der Waals surface area (Å²) in [7, 11) is 1.27. The third-order valence-corrected chi connectivity index (χ3v) is 3.90. The second-order valence-corrected chi connectivity index (χ2v) is 6.20. The normalized spacial score (nSPS) is 11.6. The zero-order valence-corrected chi connectivity index (χ0v) is 14.7. The number of ether oxygens (including phenoxy) is 1. The lowest BCUT2D eigenvalue weighted by molar-refractivity contribution is -0.145. The molecule has 1 atom stereocenters. The molecule has 0 unspecified atom stereocenters. The van der Waals surface area contributed by atoms with Gasteiger partial charge in [0.1, 0.15) is 11.9 Å². The summed E-state index contributed by atoms with van der Waals surface area (Å²) in [6, 6.07) is 12.5. The SMILES string of the molecule is COC(=O)[C@H](Cc1cccc(Br)c1)NC(=O)Cc1cccc(F)c1. The first-order valence-electron chi connectivity index (χ1n) is 7.34. The standard InChI is InChI=1S/C18H17BrFNO3/c1-24-18(23)16(10-12-4-2-6-14(19)8-12)21-17(22)11-13-5-3-7-15(20)9-13/h2-9,16H,10-11H2,1H3,(H,21,22)/t16-/m0/s1. The molecule has 0 bridgehead atoms. The van der Waals surface area contributed by atoms with Crippen LogP contribution in [-0.2, 0) is 27.2 Å². The number of esters is 1. The van der Waals surface area contributed by atoms with Crippen molar-refractivity contribution in [3.63, 3.8) is 0 Å². The van der Waals surface area contributed by atoms with Crippen LogP contribution in [0.4, 0.5) is 4.39 Å². The summed E-state index contributed by atoms with van der Waals surface area (Å²) in [6.45, 7) is 0. The topological polar surface area (TPSA) is 55.4 Å². The Morgan fingerprint density at radius 2 is 1.88 bits per heavy atom. The van der Waals surface area contributed by atoms with E-state index < -0.39 is 17.8 Å². The van der Waals surface area contributed by atoms with Crippen molar-refractivity contribution in [1.29, 1.82) is 0 Å². The van der Waals surface area contributed by atoms with E-state index in [1.807, 2.05) is 24.3 Å². The molecular weight excluding hydrogens is 377 g/mol. The van der Waals surface area contributed by atoms with E-state index in [2.05, 4.69) is 21.2 Å². The molecule has 1 amide bonds. The molecule has 0 aromatic heterocycles. The van der Waals surface area contributed by atoms with Crippen LogP contribution in [0.15, 0.2) is 53.0 Å². The number of carbonyl (C=O) groups excluding carboxylic acids is 2. The monoisotopic (exact) mass is 393 g/mol. The van der Waals surface area contributed by atoms with Crippen LogP contribution in [0.3, 0.4) is 0 Å². The molecule has 6 heteroatoms. The van der Waals surface area contributed by atoms with Crippen LogP contribution in [0.5, 0.6) is 0 Å². The predicted molar refractivity (Wildman–Crippen MR) is 91.9 cm³/mol. The maximum Gasteiger partial charge on any atom is 0.328 e. The highest BCUT2D eigenvalue weighted by atomic mass is 79.9. The highest BCUT2D eigenvalue weighted by molar-refractivity contribution is 9.10. The highest BCUT2D eigenvalue weighted by Crippen LogP contribution is 2.14. The minimum absolute atomic E-state index is 0.0102. The molecule has 0 saturated carbocycles. The fourth-order valence-corrected chi connectivity index (χ4v) is 2.76. The number of rotatable bonds is 6. The largest absolute Gasteiger partial charge is 0.467 e.